The zero-order chi connectivity index (χ0) is 19.0. The lowest BCUT2D eigenvalue weighted by atomic mass is 10.2. The average Bonchev–Trinajstić information content (AvgIpc) is 3.17. The van der Waals surface area contributed by atoms with Crippen LogP contribution in [0.1, 0.15) is 9.67 Å². The fraction of sp³-hybridized carbons (Fsp3) is 0.158. The summed E-state index contributed by atoms with van der Waals surface area (Å²) in [6.45, 7) is 0.801. The topological polar surface area (TPSA) is 34.4 Å². The lowest BCUT2D eigenvalue weighted by Crippen LogP contribution is -2.18. The number of carbonyl (C=O) groups excluding carboxylic acids is 1. The Hall–Kier alpha value is -1.12. The molecule has 0 bridgehead atoms. The fourth-order valence-corrected chi connectivity index (χ4v) is 6.19. The number of nitrogens with zero attached hydrogens (tertiary/aromatic N) is 2. The molecule has 27 heavy (non-hydrogen) atoms. The van der Waals surface area contributed by atoms with E-state index in [1.54, 1.807) is 11.8 Å². The minimum Gasteiger partial charge on any atom is -0.316 e. The van der Waals surface area contributed by atoms with Crippen LogP contribution in [0.4, 0.5) is 0 Å². The lowest BCUT2D eigenvalue weighted by molar-refractivity contribution is 0.100. The molecule has 3 nitrogen and oxygen atoms in total. The van der Waals surface area contributed by atoms with E-state index in [9.17, 15) is 4.79 Å². The molecular weight excluding hydrogens is 484 g/mol. The molecule has 0 atom stereocenters. The van der Waals surface area contributed by atoms with Gasteiger partial charge in [-0.1, -0.05) is 57.1 Å². The molecular formula is C19H14BrClN2OS3. The number of carbonyl (C=O) groups is 1. The number of benzene rings is 2. The summed E-state index contributed by atoms with van der Waals surface area (Å²) in [5.74, 6) is 0.664. The minimum absolute atomic E-state index is 0.287. The van der Waals surface area contributed by atoms with Gasteiger partial charge in [0.05, 0.1) is 15.2 Å². The van der Waals surface area contributed by atoms with Crippen LogP contribution in [0.5, 0.6) is 0 Å². The van der Waals surface area contributed by atoms with Crippen LogP contribution in [0.15, 0.2) is 51.9 Å². The van der Waals surface area contributed by atoms with E-state index in [1.165, 1.54) is 22.7 Å². The van der Waals surface area contributed by atoms with Crippen LogP contribution in [-0.2, 0) is 6.54 Å². The molecule has 0 aliphatic rings. The van der Waals surface area contributed by atoms with Gasteiger partial charge in [0.25, 0.3) is 5.91 Å². The molecule has 0 N–H and O–H groups in total. The van der Waals surface area contributed by atoms with Crippen molar-refractivity contribution < 1.29 is 4.79 Å². The maximum atomic E-state index is 12.9. The zero-order valence-corrected chi connectivity index (χ0v) is 19.0. The molecule has 0 aliphatic heterocycles. The van der Waals surface area contributed by atoms with Gasteiger partial charge in [-0.2, -0.15) is 16.8 Å². The van der Waals surface area contributed by atoms with Crippen LogP contribution in [0.25, 0.3) is 20.3 Å². The van der Waals surface area contributed by atoms with Crippen molar-refractivity contribution in [3.8, 4) is 0 Å². The highest BCUT2D eigenvalue weighted by Gasteiger charge is 2.17. The Kier molecular flexibility index (Phi) is 5.75. The molecule has 138 valence electrons. The minimum atomic E-state index is -0.287. The van der Waals surface area contributed by atoms with E-state index in [1.807, 2.05) is 30.3 Å². The molecule has 8 heteroatoms. The normalized spacial score (nSPS) is 12.3. The highest BCUT2D eigenvalue weighted by Crippen LogP contribution is 2.35. The van der Waals surface area contributed by atoms with Crippen LogP contribution >= 0.6 is 62.0 Å². The Bertz CT molecular complexity index is 1220. The largest absolute Gasteiger partial charge is 0.316 e. The number of hydrogen-bond acceptors (Lipinski definition) is 4. The summed E-state index contributed by atoms with van der Waals surface area (Å²) in [6, 6.07) is 13.9. The van der Waals surface area contributed by atoms with Gasteiger partial charge in [-0.05, 0) is 30.5 Å². The van der Waals surface area contributed by atoms with Crippen molar-refractivity contribution in [2.45, 2.75) is 6.54 Å². The van der Waals surface area contributed by atoms with Gasteiger partial charge in [0.1, 0.15) is 4.88 Å². The van der Waals surface area contributed by atoms with E-state index in [4.69, 9.17) is 11.6 Å². The molecule has 4 rings (SSSR count). The Morgan fingerprint density at radius 1 is 1.22 bits per heavy atom. The molecule has 4 aromatic rings. The number of thiazole rings is 1. The van der Waals surface area contributed by atoms with Gasteiger partial charge < -0.3 is 4.57 Å². The fourth-order valence-electron chi connectivity index (χ4n) is 2.82. The summed E-state index contributed by atoms with van der Waals surface area (Å²) in [6.07, 6.45) is 2.07. The molecule has 0 aliphatic carbocycles. The summed E-state index contributed by atoms with van der Waals surface area (Å²) < 4.78 is 5.22. The van der Waals surface area contributed by atoms with E-state index >= 15 is 0 Å². The van der Waals surface area contributed by atoms with Crippen molar-refractivity contribution in [1.82, 2.24) is 4.57 Å². The average molecular weight is 498 g/mol. The smallest absolute Gasteiger partial charge is 0.291 e. The first-order valence-electron chi connectivity index (χ1n) is 8.12. The molecule has 2 aromatic carbocycles. The van der Waals surface area contributed by atoms with E-state index in [0.29, 0.717) is 14.7 Å². The van der Waals surface area contributed by atoms with Gasteiger partial charge in [-0.15, -0.1) is 11.3 Å². The maximum Gasteiger partial charge on any atom is 0.291 e. The molecule has 2 heterocycles. The van der Waals surface area contributed by atoms with Crippen molar-refractivity contribution in [3.63, 3.8) is 0 Å². The standard InChI is InChI=1S/C19H14BrClN2OS3/c1-25-9-8-23-13-7-6-11(20)10-15(13)27-19(23)22-18(24)17-16(21)12-4-2-3-5-14(12)26-17/h2-7,10H,8-9H2,1H3. The molecule has 0 fully saturated rings. The molecule has 2 aromatic heterocycles. The van der Waals surface area contributed by atoms with E-state index in [-0.39, 0.29) is 5.91 Å². The molecule has 0 saturated heterocycles. The van der Waals surface area contributed by atoms with Gasteiger partial charge in [-0.25, -0.2) is 0 Å². The quantitative estimate of drug-likeness (QED) is 0.325. The number of fused-ring (bicyclic) bond motifs is 2. The Morgan fingerprint density at radius 2 is 2.04 bits per heavy atom. The highest BCUT2D eigenvalue weighted by atomic mass is 79.9. The summed E-state index contributed by atoms with van der Waals surface area (Å²) in [5, 5.41) is 1.39. The number of amides is 1. The third kappa shape index (κ3) is 3.76. The van der Waals surface area contributed by atoms with Gasteiger partial charge in [-0.3, -0.25) is 4.79 Å². The Morgan fingerprint density at radius 3 is 2.81 bits per heavy atom. The first-order chi connectivity index (χ1) is 13.1. The third-order valence-electron chi connectivity index (χ3n) is 4.09. The number of aryl methyl sites for hydroxylation is 1. The van der Waals surface area contributed by atoms with Gasteiger partial charge in [0, 0.05) is 26.9 Å². The first-order valence-corrected chi connectivity index (χ1v) is 12.3. The lowest BCUT2D eigenvalue weighted by Gasteiger charge is -2.03. The number of thioether (sulfide) groups is 1. The van der Waals surface area contributed by atoms with Gasteiger partial charge in [0.15, 0.2) is 4.80 Å². The van der Waals surface area contributed by atoms with Gasteiger partial charge in [0.2, 0.25) is 0 Å². The molecule has 0 spiro atoms. The van der Waals surface area contributed by atoms with Crippen LogP contribution in [0, 0.1) is 0 Å². The van der Waals surface area contributed by atoms with Crippen molar-refractivity contribution in [1.29, 1.82) is 0 Å². The van der Waals surface area contributed by atoms with Crippen molar-refractivity contribution in [3.05, 3.63) is 61.6 Å². The summed E-state index contributed by atoms with van der Waals surface area (Å²) in [5.41, 5.74) is 1.09. The van der Waals surface area contributed by atoms with E-state index in [2.05, 4.69) is 43.9 Å². The van der Waals surface area contributed by atoms with Crippen molar-refractivity contribution in [2.75, 3.05) is 12.0 Å². The summed E-state index contributed by atoms with van der Waals surface area (Å²) in [7, 11) is 0. The number of hydrogen-bond donors (Lipinski definition) is 0. The molecule has 0 saturated carbocycles. The van der Waals surface area contributed by atoms with Crippen LogP contribution < -0.4 is 4.80 Å². The predicted octanol–water partition coefficient (Wildman–Crippen LogP) is 6.44. The predicted molar refractivity (Wildman–Crippen MR) is 123 cm³/mol. The summed E-state index contributed by atoms with van der Waals surface area (Å²) in [4.78, 5) is 18.6. The third-order valence-corrected chi connectivity index (χ3v) is 7.88. The number of aromatic nitrogens is 1. The SMILES string of the molecule is CSCCn1c(=NC(=O)c2sc3ccccc3c2Cl)sc2cc(Br)ccc21. The number of thiophene rings is 1. The summed E-state index contributed by atoms with van der Waals surface area (Å²) >= 11 is 14.7. The van der Waals surface area contributed by atoms with Crippen LogP contribution in [0.2, 0.25) is 5.02 Å². The molecule has 0 unspecified atom stereocenters. The molecule has 0 radical (unpaired) electrons. The van der Waals surface area contributed by atoms with Gasteiger partial charge >= 0.3 is 0 Å². The second-order valence-electron chi connectivity index (χ2n) is 5.80. The second kappa shape index (κ2) is 8.09. The monoisotopic (exact) mass is 496 g/mol. The molecule has 1 amide bonds. The van der Waals surface area contributed by atoms with E-state index in [0.717, 1.165) is 37.1 Å². The van der Waals surface area contributed by atoms with Crippen molar-refractivity contribution >= 4 is 88.2 Å². The zero-order valence-electron chi connectivity index (χ0n) is 14.2. The highest BCUT2D eigenvalue weighted by molar-refractivity contribution is 9.10. The number of rotatable bonds is 4. The Labute approximate surface area is 181 Å². The van der Waals surface area contributed by atoms with E-state index < -0.39 is 0 Å². The number of halogens is 2. The first kappa shape index (κ1) is 19.2. The van der Waals surface area contributed by atoms with Crippen LogP contribution in [0.3, 0.4) is 0 Å². The second-order valence-corrected chi connectivity index (χ2v) is 10.1. The Balaban J connectivity index is 1.85. The maximum absolute atomic E-state index is 12.9. The van der Waals surface area contributed by atoms with Crippen molar-refractivity contribution in [2.24, 2.45) is 4.99 Å². The van der Waals surface area contributed by atoms with Crippen LogP contribution in [-0.4, -0.2) is 22.5 Å².